The number of carbonyl (C=O) groups is 3. The van der Waals surface area contributed by atoms with Gasteiger partial charge in [-0.2, -0.15) is 5.10 Å². The number of morpholine rings is 1. The van der Waals surface area contributed by atoms with Crippen LogP contribution in [0.25, 0.3) is 16.5 Å². The Hall–Kier alpha value is -5.43. The third-order valence-corrected chi connectivity index (χ3v) is 10.8. The van der Waals surface area contributed by atoms with Crippen molar-refractivity contribution in [2.75, 3.05) is 115 Å². The summed E-state index contributed by atoms with van der Waals surface area (Å²) >= 11 is 5.67. The van der Waals surface area contributed by atoms with Crippen LogP contribution in [-0.2, 0) is 41.4 Å². The van der Waals surface area contributed by atoms with E-state index in [-0.39, 0.29) is 33.0 Å². The number of carbonyl (C=O) groups excluding carboxylic acids is 3. The number of halogens is 1. The predicted octanol–water partition coefficient (Wildman–Crippen LogP) is 8.08. The molecule has 0 radical (unpaired) electrons. The molecule has 0 aliphatic carbocycles. The SMILES string of the molecule is CCCCc1cc(NC(=O)Nc2ccc(OCCN3CCOCC3)c3ccccc23)n(-c2cccc(CNC(=O)OC/C=C/COCCOC(=O)NCCOCCOCCCCCCCl)c2)n1. The van der Waals surface area contributed by atoms with E-state index in [0.29, 0.717) is 62.7 Å². The van der Waals surface area contributed by atoms with E-state index in [1.807, 2.05) is 66.7 Å². The van der Waals surface area contributed by atoms with Crippen molar-refractivity contribution >= 4 is 52.1 Å². The van der Waals surface area contributed by atoms with Gasteiger partial charge in [-0.25, -0.2) is 19.1 Å². The molecule has 1 aliphatic rings. The zero-order chi connectivity index (χ0) is 47.2. The number of fused-ring (bicyclic) bond motifs is 1. The van der Waals surface area contributed by atoms with Crippen LogP contribution in [-0.4, -0.2) is 138 Å². The molecule has 366 valence electrons. The maximum absolute atomic E-state index is 13.6. The van der Waals surface area contributed by atoms with Crippen molar-refractivity contribution in [3.63, 3.8) is 0 Å². The number of rotatable bonds is 31. The normalized spacial score (nSPS) is 12.9. The van der Waals surface area contributed by atoms with E-state index in [2.05, 4.69) is 33.1 Å². The second-order valence-electron chi connectivity index (χ2n) is 15.6. The smallest absolute Gasteiger partial charge is 0.407 e. The second-order valence-corrected chi connectivity index (χ2v) is 16.0. The zero-order valence-electron chi connectivity index (χ0n) is 38.8. The van der Waals surface area contributed by atoms with Crippen LogP contribution in [0.15, 0.2) is 78.9 Å². The molecule has 5 rings (SSSR count). The Labute approximate surface area is 399 Å². The molecule has 0 spiro atoms. The molecule has 4 N–H and O–H groups in total. The number of amides is 4. The predicted molar refractivity (Wildman–Crippen MR) is 260 cm³/mol. The van der Waals surface area contributed by atoms with Gasteiger partial charge in [-0.05, 0) is 61.6 Å². The number of aryl methyl sites for hydroxylation is 1. The Morgan fingerprint density at radius 2 is 1.52 bits per heavy atom. The number of benzene rings is 3. The molecule has 4 aromatic rings. The fourth-order valence-corrected chi connectivity index (χ4v) is 7.15. The van der Waals surface area contributed by atoms with Crippen LogP contribution in [0.2, 0.25) is 0 Å². The minimum Gasteiger partial charge on any atom is -0.492 e. The molecule has 0 atom stereocenters. The molecule has 1 saturated heterocycles. The van der Waals surface area contributed by atoms with Crippen LogP contribution >= 0.6 is 11.6 Å². The number of nitrogens with one attached hydrogen (secondary N) is 4. The van der Waals surface area contributed by atoms with Crippen molar-refractivity contribution in [2.45, 2.75) is 58.4 Å². The van der Waals surface area contributed by atoms with E-state index in [9.17, 15) is 14.4 Å². The van der Waals surface area contributed by atoms with Gasteiger partial charge < -0.3 is 49.1 Å². The Balaban J connectivity index is 0.990. The monoisotopic (exact) mass is 949 g/mol. The quantitative estimate of drug-likeness (QED) is 0.0216. The minimum atomic E-state index is -0.585. The Kier molecular flexibility index (Phi) is 24.7. The lowest BCUT2D eigenvalue weighted by Crippen LogP contribution is -2.38. The zero-order valence-corrected chi connectivity index (χ0v) is 39.5. The highest BCUT2D eigenvalue weighted by Gasteiger charge is 2.16. The van der Waals surface area contributed by atoms with Crippen molar-refractivity contribution in [1.82, 2.24) is 25.3 Å². The van der Waals surface area contributed by atoms with Crippen LogP contribution in [0.3, 0.4) is 0 Å². The van der Waals surface area contributed by atoms with Crippen molar-refractivity contribution in [1.29, 1.82) is 0 Å². The van der Waals surface area contributed by atoms with Crippen molar-refractivity contribution in [3.8, 4) is 11.4 Å². The highest BCUT2D eigenvalue weighted by Crippen LogP contribution is 2.32. The number of anilines is 2. The molecule has 0 saturated carbocycles. The minimum absolute atomic E-state index is 0.0470. The van der Waals surface area contributed by atoms with Gasteiger partial charge in [-0.1, -0.05) is 68.7 Å². The van der Waals surface area contributed by atoms with Gasteiger partial charge in [-0.3, -0.25) is 10.2 Å². The molecule has 1 aliphatic heterocycles. The topological polar surface area (TPSA) is 185 Å². The van der Waals surface area contributed by atoms with Gasteiger partial charge in [0, 0.05) is 62.0 Å². The first kappa shape index (κ1) is 52.5. The summed E-state index contributed by atoms with van der Waals surface area (Å²) in [6, 6.07) is 20.6. The number of aromatic nitrogens is 2. The number of alkyl halides is 1. The first-order valence-electron chi connectivity index (χ1n) is 23.4. The third-order valence-electron chi connectivity index (χ3n) is 10.5. The number of ether oxygens (including phenoxy) is 7. The average Bonchev–Trinajstić information content (AvgIpc) is 3.75. The van der Waals surface area contributed by atoms with E-state index in [0.717, 1.165) is 106 Å². The van der Waals surface area contributed by atoms with Gasteiger partial charge in [0.25, 0.3) is 0 Å². The molecule has 1 aromatic heterocycles. The van der Waals surface area contributed by atoms with E-state index in [1.165, 1.54) is 0 Å². The highest BCUT2D eigenvalue weighted by molar-refractivity contribution is 6.17. The van der Waals surface area contributed by atoms with Crippen LogP contribution in [0.1, 0.15) is 56.7 Å². The Morgan fingerprint density at radius 3 is 2.36 bits per heavy atom. The van der Waals surface area contributed by atoms with Gasteiger partial charge in [-0.15, -0.1) is 11.6 Å². The van der Waals surface area contributed by atoms with Gasteiger partial charge in [0.2, 0.25) is 0 Å². The van der Waals surface area contributed by atoms with Crippen LogP contribution < -0.4 is 26.0 Å². The van der Waals surface area contributed by atoms with Crippen molar-refractivity contribution in [2.24, 2.45) is 0 Å². The van der Waals surface area contributed by atoms with Crippen molar-refractivity contribution in [3.05, 3.63) is 90.1 Å². The van der Waals surface area contributed by atoms with Gasteiger partial charge in [0.05, 0.1) is 63.3 Å². The summed E-state index contributed by atoms with van der Waals surface area (Å²) in [5.74, 6) is 1.97. The lowest BCUT2D eigenvalue weighted by atomic mass is 10.1. The maximum atomic E-state index is 13.6. The molecule has 67 heavy (non-hydrogen) atoms. The standard InChI is InChI=1S/C49H68ClN7O10/c1-2-3-14-40-37-46(54-47(58)53-44-18-19-45(43-17-7-6-16-42(43)44)65-31-24-56-22-29-64-30-23-56)57(55-40)41-15-12-13-39(36-41)38-52-49(60)66-27-11-10-26-62-34-35-67-48(59)51-21-28-63-33-32-61-25-9-5-4-8-20-50/h6-7,10-13,15-19,36-37H,2-5,8-9,14,20-35,38H2,1H3,(H,51,59)(H,52,60)(H2,53,54,58)/b11-10+. The second kappa shape index (κ2) is 31.5. The molecular weight excluding hydrogens is 882 g/mol. The molecule has 2 heterocycles. The van der Waals surface area contributed by atoms with Gasteiger partial charge in [0.15, 0.2) is 0 Å². The number of hydrogen-bond acceptors (Lipinski definition) is 12. The van der Waals surface area contributed by atoms with Crippen LogP contribution in [0, 0.1) is 0 Å². The molecule has 1 fully saturated rings. The van der Waals surface area contributed by atoms with E-state index < -0.39 is 18.2 Å². The first-order chi connectivity index (χ1) is 32.9. The number of urea groups is 1. The summed E-state index contributed by atoms with van der Waals surface area (Å²) < 4.78 is 40.2. The summed E-state index contributed by atoms with van der Waals surface area (Å²) in [6.45, 7) is 9.95. The summed E-state index contributed by atoms with van der Waals surface area (Å²) in [4.78, 5) is 40.3. The molecule has 0 bridgehead atoms. The maximum Gasteiger partial charge on any atom is 0.407 e. The van der Waals surface area contributed by atoms with Crippen LogP contribution in [0.4, 0.5) is 25.9 Å². The molecule has 0 unspecified atom stereocenters. The average molecular weight is 951 g/mol. The molecule has 18 heteroatoms. The first-order valence-corrected chi connectivity index (χ1v) is 23.9. The van der Waals surface area contributed by atoms with Gasteiger partial charge >= 0.3 is 18.2 Å². The fraction of sp³-hybridized carbons (Fsp3) is 0.510. The summed E-state index contributed by atoms with van der Waals surface area (Å²) in [6.07, 6.45) is 9.25. The number of nitrogens with zero attached hydrogens (tertiary/aromatic N) is 3. The Bertz CT molecular complexity index is 2100. The van der Waals surface area contributed by atoms with E-state index in [1.54, 1.807) is 16.8 Å². The number of alkyl carbamates (subject to hydrolysis) is 2. The lowest BCUT2D eigenvalue weighted by Gasteiger charge is -2.26. The van der Waals surface area contributed by atoms with E-state index in [4.69, 9.17) is 49.9 Å². The van der Waals surface area contributed by atoms with Crippen molar-refractivity contribution < 1.29 is 47.5 Å². The van der Waals surface area contributed by atoms with Crippen LogP contribution in [0.5, 0.6) is 5.75 Å². The number of hydrogen-bond donors (Lipinski definition) is 4. The summed E-state index contributed by atoms with van der Waals surface area (Å²) in [7, 11) is 0. The van der Waals surface area contributed by atoms with E-state index >= 15 is 0 Å². The third kappa shape index (κ3) is 20.1. The molecule has 4 amide bonds. The largest absolute Gasteiger partial charge is 0.492 e. The fourth-order valence-electron chi connectivity index (χ4n) is 6.96. The summed E-state index contributed by atoms with van der Waals surface area (Å²) in [5.41, 5.74) is 3.02. The molecular formula is C49H68ClN7O10. The number of unbranched alkanes of at least 4 members (excludes halogenated alkanes) is 4. The van der Waals surface area contributed by atoms with Gasteiger partial charge in [0.1, 0.15) is 31.4 Å². The Morgan fingerprint density at radius 1 is 0.746 bits per heavy atom. The molecule has 17 nitrogen and oxygen atoms in total. The highest BCUT2D eigenvalue weighted by atomic mass is 35.5. The summed E-state index contributed by atoms with van der Waals surface area (Å²) in [5, 5.41) is 18.1. The lowest BCUT2D eigenvalue weighted by molar-refractivity contribution is 0.0323. The molecule has 3 aromatic carbocycles.